The number of anilines is 5. The van der Waals surface area contributed by atoms with Gasteiger partial charge in [0.2, 0.25) is 17.7 Å². The number of amides is 3. The van der Waals surface area contributed by atoms with Gasteiger partial charge < -0.3 is 43.9 Å². The predicted molar refractivity (Wildman–Crippen MR) is 467 cm³/mol. The fourth-order valence-electron chi connectivity index (χ4n) is 13.8. The Morgan fingerprint density at radius 3 is 1.16 bits per heavy atom. The maximum atomic E-state index is 12.8. The van der Waals surface area contributed by atoms with E-state index in [2.05, 4.69) is 33.9 Å². The molecule has 616 valence electrons. The average molecular weight is 1770 g/mol. The zero-order valence-corrected chi connectivity index (χ0v) is 72.6. The number of benzene rings is 5. The van der Waals surface area contributed by atoms with Crippen molar-refractivity contribution in [3.63, 3.8) is 0 Å². The number of aliphatic hydroxyl groups excluding tert-OH is 1. The molecule has 5 aromatic rings. The highest BCUT2D eigenvalue weighted by Crippen LogP contribution is 2.37. The summed E-state index contributed by atoms with van der Waals surface area (Å²) < 4.78 is 28.5. The second-order valence-electron chi connectivity index (χ2n) is 28.7. The molecule has 5 aromatic carbocycles. The number of hydrogen-bond donors (Lipinski definition) is 2. The van der Waals surface area contributed by atoms with Gasteiger partial charge in [-0.25, -0.2) is 0 Å². The van der Waals surface area contributed by atoms with E-state index in [1.54, 1.807) is 9.80 Å². The fourth-order valence-corrected chi connectivity index (χ4v) is 15.0. The number of esters is 2. The number of carbonyl (C=O) groups excluding carboxylic acids is 5. The first-order valence-corrected chi connectivity index (χ1v) is 43.3. The fraction of sp³-hybridized carbons (Fsp3) is 0.593. The molecule has 10 rings (SSSR count). The minimum Gasteiger partial charge on any atom is -0.494 e. The topological polar surface area (TPSA) is 183 Å². The number of nitrogens with zero attached hydrogens (tertiary/aromatic N) is 6. The van der Waals surface area contributed by atoms with Gasteiger partial charge in [-0.1, -0.05) is 193 Å². The summed E-state index contributed by atoms with van der Waals surface area (Å²) in [6.45, 7) is 14.8. The Balaban J connectivity index is 0.000000251. The predicted octanol–water partition coefficient (Wildman–Crippen LogP) is 20.8. The number of fused-ring (bicyclic) bond motifs is 3. The number of rotatable bonds is 43. The van der Waals surface area contributed by atoms with Crippen molar-refractivity contribution in [2.24, 2.45) is 0 Å². The van der Waals surface area contributed by atoms with Crippen LogP contribution in [0.2, 0.25) is 20.1 Å². The van der Waals surface area contributed by atoms with E-state index in [1.165, 1.54) is 88.4 Å². The molecular formula is C86H122Cl6IN7O11. The van der Waals surface area contributed by atoms with Gasteiger partial charge in [0.15, 0.2) is 13.5 Å². The third kappa shape index (κ3) is 33.9. The maximum Gasteiger partial charge on any atom is 0.307 e. The second kappa shape index (κ2) is 55.4. The van der Waals surface area contributed by atoms with E-state index in [0.717, 1.165) is 198 Å². The minimum atomic E-state index is -0.290. The van der Waals surface area contributed by atoms with Gasteiger partial charge in [-0.05, 0) is 136 Å². The zero-order valence-electron chi connectivity index (χ0n) is 65.7. The maximum absolute atomic E-state index is 12.8. The lowest BCUT2D eigenvalue weighted by Gasteiger charge is -2.36. The van der Waals surface area contributed by atoms with Crippen molar-refractivity contribution in [1.82, 2.24) is 10.2 Å². The number of aliphatic hydroxyl groups is 1. The molecule has 5 aliphatic rings. The Morgan fingerprint density at radius 1 is 0.414 bits per heavy atom. The number of alkyl halides is 2. The van der Waals surface area contributed by atoms with Crippen molar-refractivity contribution in [2.75, 3.05) is 135 Å². The van der Waals surface area contributed by atoms with Crippen LogP contribution in [0.4, 0.5) is 28.4 Å². The normalized spacial score (nSPS) is 14.6. The number of halogens is 7. The number of aryl methyl sites for hydroxylation is 3. The van der Waals surface area contributed by atoms with Crippen LogP contribution in [0.25, 0.3) is 0 Å². The summed E-state index contributed by atoms with van der Waals surface area (Å²) in [5.74, 6) is 2.89. The third-order valence-corrected chi connectivity index (χ3v) is 22.5. The molecule has 0 spiro atoms. The molecule has 0 bridgehead atoms. The summed E-state index contributed by atoms with van der Waals surface area (Å²) in [5.41, 5.74) is 7.61. The van der Waals surface area contributed by atoms with Crippen LogP contribution in [0.5, 0.6) is 17.2 Å². The van der Waals surface area contributed by atoms with E-state index in [-0.39, 0.29) is 73.8 Å². The zero-order chi connectivity index (χ0) is 78.5. The van der Waals surface area contributed by atoms with E-state index >= 15 is 0 Å². The second-order valence-corrected chi connectivity index (χ2v) is 31.0. The molecule has 0 atom stereocenters. The Labute approximate surface area is 708 Å². The first kappa shape index (κ1) is 94.7. The number of carbonyl (C=O) groups is 5. The highest BCUT2D eigenvalue weighted by molar-refractivity contribution is 14.0. The first-order valence-electron chi connectivity index (χ1n) is 40.7. The molecule has 0 aliphatic carbocycles. The van der Waals surface area contributed by atoms with Crippen molar-refractivity contribution < 1.29 is 52.8 Å². The van der Waals surface area contributed by atoms with Crippen LogP contribution in [0.1, 0.15) is 217 Å². The average Bonchev–Trinajstić information content (AvgIpc) is 0.811. The Hall–Kier alpha value is -5.20. The van der Waals surface area contributed by atoms with E-state index in [0.29, 0.717) is 96.6 Å². The van der Waals surface area contributed by atoms with Gasteiger partial charge in [0, 0.05) is 114 Å². The lowest BCUT2D eigenvalue weighted by molar-refractivity contribution is -0.145. The molecule has 2 fully saturated rings. The smallest absolute Gasteiger partial charge is 0.307 e. The van der Waals surface area contributed by atoms with Crippen LogP contribution in [-0.4, -0.2) is 150 Å². The van der Waals surface area contributed by atoms with Crippen LogP contribution in [0.15, 0.2) is 91.0 Å². The van der Waals surface area contributed by atoms with Gasteiger partial charge in [0.05, 0.1) is 68.3 Å². The van der Waals surface area contributed by atoms with Gasteiger partial charge in [-0.3, -0.25) is 43.6 Å². The molecule has 5 aliphatic heterocycles. The summed E-state index contributed by atoms with van der Waals surface area (Å²) in [5, 5.41) is 15.1. The Morgan fingerprint density at radius 2 is 0.775 bits per heavy atom. The van der Waals surface area contributed by atoms with Crippen molar-refractivity contribution in [2.45, 2.75) is 219 Å². The monoisotopic (exact) mass is 1770 g/mol. The summed E-state index contributed by atoms with van der Waals surface area (Å²) in [6.07, 6.45) is 31.5. The van der Waals surface area contributed by atoms with Crippen molar-refractivity contribution in [3.8, 4) is 17.2 Å². The first-order chi connectivity index (χ1) is 53.7. The van der Waals surface area contributed by atoms with E-state index in [9.17, 15) is 29.1 Å². The Bertz CT molecular complexity index is 3550. The van der Waals surface area contributed by atoms with Crippen molar-refractivity contribution >= 4 is 152 Å². The molecule has 0 unspecified atom stereocenters. The summed E-state index contributed by atoms with van der Waals surface area (Å²) in [6, 6.07) is 29.0. The number of piperazine rings is 2. The molecular weight excluding hydrogens is 1650 g/mol. The standard InChI is InChI=1S/C36H51Cl2N3O4.C26H40ClNO4.C14H18ClNO3.C10H12Cl2N2.HI/c1-2-3-4-5-6-7-8-9-10-16-35(43)45-28-41-33-27-30(19-17-29(33)18-20-34(41)42)44-26-12-11-21-39-22-24-40(25-23-39)32-15-13-14-31(37)36(32)38;1-2-3-4-5-6-7-8-9-10-13-26(30)32-21-28-24-20-23(31-19-12-11-18-27)16-14-22(24)15-17-25(28)29;15-7-1-2-8-19-12-5-3-11-4-6-14(18)16(10-17)13(11)9-12;11-8-2-1-3-9(10(8)12)14-6-4-13-5-7-14;/h13-15,17,19,27H,2-12,16,18,20-26,28H2,1H3;14,16,20H,2-13,15,17-19,21H2,1H3;3,5,9,17H,1-2,4,6-8,10H2;1-3,13H,4-7H2;1H. The van der Waals surface area contributed by atoms with Gasteiger partial charge in [-0.15, -0.1) is 47.2 Å². The van der Waals surface area contributed by atoms with Crippen LogP contribution < -0.4 is 44.0 Å². The third-order valence-electron chi connectivity index (χ3n) is 20.4. The minimum absolute atomic E-state index is 0. The highest BCUT2D eigenvalue weighted by atomic mass is 127. The van der Waals surface area contributed by atoms with E-state index in [4.69, 9.17) is 93.3 Å². The summed E-state index contributed by atoms with van der Waals surface area (Å²) >= 11 is 36.0. The number of hydrogen-bond acceptors (Lipinski definition) is 15. The molecule has 0 saturated carbocycles. The van der Waals surface area contributed by atoms with Gasteiger partial charge in [0.25, 0.3) is 0 Å². The van der Waals surface area contributed by atoms with Crippen LogP contribution in [0.3, 0.4) is 0 Å². The van der Waals surface area contributed by atoms with Gasteiger partial charge >= 0.3 is 11.9 Å². The van der Waals surface area contributed by atoms with E-state index < -0.39 is 0 Å². The quantitative estimate of drug-likeness (QED) is 0.0163. The SMILES string of the molecule is CCCCCCCCCCCC(=O)OCN1C(=O)CCc2ccc(OCCCCCl)cc21.CCCCCCCCCCCC(=O)OCN1C(=O)CCc2ccc(OCCCCN3CCN(c4cccc(Cl)c4Cl)CC3)cc21.Clc1cccc(N2CCNCC2)c1Cl.I.O=C1CCc2ccc(OCCCCCl)cc2N1CO. The number of unbranched alkanes of at least 4 members (excludes halogenated alkanes) is 19. The van der Waals surface area contributed by atoms with Crippen molar-refractivity contribution in [3.05, 3.63) is 128 Å². The molecule has 3 amide bonds. The largest absolute Gasteiger partial charge is 0.494 e. The lowest BCUT2D eigenvalue weighted by Crippen LogP contribution is -2.46. The highest BCUT2D eigenvalue weighted by Gasteiger charge is 2.29. The molecule has 0 radical (unpaired) electrons. The van der Waals surface area contributed by atoms with E-state index in [1.807, 2.05) is 91.0 Å². The molecule has 18 nitrogen and oxygen atoms in total. The molecule has 2 saturated heterocycles. The molecule has 0 aromatic heterocycles. The molecule has 2 N–H and O–H groups in total. The number of ether oxygens (including phenoxy) is 5. The number of nitrogens with one attached hydrogen (secondary N) is 1. The Kier molecular flexibility index (Phi) is 47.2. The van der Waals surface area contributed by atoms with Crippen LogP contribution in [-0.2, 0) is 52.7 Å². The lowest BCUT2D eigenvalue weighted by atomic mass is 10.0. The molecule has 5 heterocycles. The summed E-state index contributed by atoms with van der Waals surface area (Å²) in [4.78, 5) is 73.1. The van der Waals surface area contributed by atoms with Crippen LogP contribution >= 0.6 is 93.6 Å². The van der Waals surface area contributed by atoms with Gasteiger partial charge in [-0.2, -0.15) is 0 Å². The van der Waals surface area contributed by atoms with Gasteiger partial charge in [0.1, 0.15) is 24.0 Å². The molecule has 111 heavy (non-hydrogen) atoms. The summed E-state index contributed by atoms with van der Waals surface area (Å²) in [7, 11) is 0. The van der Waals surface area contributed by atoms with Crippen LogP contribution in [0, 0.1) is 0 Å². The van der Waals surface area contributed by atoms with Crippen molar-refractivity contribution in [1.29, 1.82) is 0 Å². The molecule has 25 heteroatoms.